The van der Waals surface area contributed by atoms with Gasteiger partial charge >= 0.3 is 47.8 Å². The van der Waals surface area contributed by atoms with Crippen LogP contribution in [0.2, 0.25) is 0 Å². The zero-order chi connectivity index (χ0) is 81.7. The molecule has 0 N–H and O–H groups in total. The van der Waals surface area contributed by atoms with Crippen LogP contribution < -0.4 is 0 Å². The van der Waals surface area contributed by atoms with Crippen LogP contribution in [0, 0.1) is 21.7 Å². The normalized spacial score (nSPS) is 34.2. The molecule has 32 aliphatic carbocycles. The van der Waals surface area contributed by atoms with E-state index in [9.17, 15) is 0 Å². The van der Waals surface area contributed by atoms with E-state index in [2.05, 4.69) is 48.5 Å². The highest BCUT2D eigenvalue weighted by atomic mass is 16.6. The van der Waals surface area contributed by atoms with Crippen molar-refractivity contribution < 1.29 is 76.3 Å². The van der Waals surface area contributed by atoms with Gasteiger partial charge in [-0.05, 0) is 341 Å². The number of nitrogens with zero attached hydrogens (tertiary/aromatic N) is 4. The second-order valence-electron chi connectivity index (χ2n) is 41.9. The fourth-order valence-corrected chi connectivity index (χ4v) is 44.7. The summed E-state index contributed by atoms with van der Waals surface area (Å²) >= 11 is 0. The van der Waals surface area contributed by atoms with E-state index in [0.29, 0.717) is 61.2 Å². The van der Waals surface area contributed by atoms with Gasteiger partial charge in [0.05, 0.1) is 153 Å². The third-order valence-corrected chi connectivity index (χ3v) is 43.3. The van der Waals surface area contributed by atoms with E-state index < -0.39 is 145 Å². The Kier molecular flexibility index (Phi) is 6.32. The predicted octanol–water partition coefficient (Wildman–Crippen LogP) is 11.0. The Morgan fingerprint density at radius 2 is 0.341 bits per heavy atom. The van der Waals surface area contributed by atoms with Crippen molar-refractivity contribution in [2.75, 3.05) is 54.9 Å². The minimum atomic E-state index is -2.40. The van der Waals surface area contributed by atoms with Crippen LogP contribution in [0.25, 0.3) is 156 Å². The molecule has 44 rings (SSSR count). The van der Waals surface area contributed by atoms with Gasteiger partial charge in [-0.25, -0.2) is 0 Å². The summed E-state index contributed by atoms with van der Waals surface area (Å²) in [7, 11) is 5.56. The average molecular weight is 1630 g/mol. The second kappa shape index (κ2) is 13.7. The third kappa shape index (κ3) is 2.97. The van der Waals surface area contributed by atoms with Crippen LogP contribution in [-0.2, 0) is 152 Å². The van der Waals surface area contributed by atoms with Gasteiger partial charge in [-0.2, -0.15) is 0 Å². The first-order valence-corrected chi connectivity index (χ1v) is 44.6. The lowest BCUT2D eigenvalue weighted by atomic mass is 9.63. The Labute approximate surface area is 705 Å². The maximum absolute atomic E-state index is 18.6. The number of hydrogen-bond acceptors (Lipinski definition) is 20. The highest BCUT2D eigenvalue weighted by Crippen LogP contribution is 3.17. The topological polar surface area (TPSA) is 262 Å². The third-order valence-electron chi connectivity index (χ3n) is 43.3. The maximum atomic E-state index is 18.6. The molecule has 12 aromatic rings. The maximum Gasteiger partial charge on any atom is 0.326 e. The van der Waals surface area contributed by atoms with Crippen LogP contribution >= 0.6 is 0 Å². The van der Waals surface area contributed by atoms with Crippen molar-refractivity contribution in [3.05, 3.63) is 229 Å². The van der Waals surface area contributed by atoms with Crippen molar-refractivity contribution in [1.82, 2.24) is 19.9 Å². The van der Waals surface area contributed by atoms with Gasteiger partial charge in [-0.3, -0.25) is 58.3 Å². The van der Waals surface area contributed by atoms with Crippen LogP contribution in [0.15, 0.2) is 73.3 Å². The fraction of sp³-hybridized carbons (Fsp3) is 0.283. The first kappa shape index (κ1) is 58.3. The molecule has 0 radical (unpaired) electrons. The van der Waals surface area contributed by atoms with Gasteiger partial charge in [0.2, 0.25) is 0 Å². The monoisotopic (exact) mass is 1630 g/mol. The van der Waals surface area contributed by atoms with Crippen LogP contribution in [0.3, 0.4) is 0 Å². The van der Waals surface area contributed by atoms with Crippen LogP contribution in [0.4, 0.5) is 0 Å². The van der Waals surface area contributed by atoms with Crippen molar-refractivity contribution in [1.29, 1.82) is 0 Å². The number of hydrogen-bond donors (Lipinski definition) is 0. The summed E-state index contributed by atoms with van der Waals surface area (Å²) in [5.74, 6) is -6.22. The SMILES string of the molecule is CCOC(=O)C1(C(=O)OCC)C23c4c5c6c7c8c4-c4c9c%10c%11c%12c4C12c1c2c4c%13c(c1-%12)C1%12c%14c-%13c%13c%15c%16c%14-c%14c(c-%10c%10c%17c%14C%16%14C%16(c%18cccnc%18-c%18ncccc%18%16)C%14%16c%14c%18c(c-7c(c%14-%17)C%107C(C(=O)OC)(C(=O)OC)C897)C67C(C(=O)OC)(C(=O)OC)C76c7c-5c3c-2c2c7-c3c6c-%18c%16c-%15c3C%133C(C(=O)OCC)(C(=O)OCC)C243)C%111C%121c2cccnc2-c2ncccc21. The molecule has 126 heavy (non-hydrogen) atoms. The predicted molar refractivity (Wildman–Crippen MR) is 430 cm³/mol. The summed E-state index contributed by atoms with van der Waals surface area (Å²) in [5.41, 5.74) is 15.2. The van der Waals surface area contributed by atoms with Gasteiger partial charge in [-0.15, -0.1) is 0 Å². The number of esters is 8. The Bertz CT molecular complexity index is 8840. The number of fused-ring (bicyclic) bond motifs is 10. The van der Waals surface area contributed by atoms with Gasteiger partial charge in [0.25, 0.3) is 0 Å². The Hall–Kier alpha value is -13.9. The Balaban J connectivity index is 0.880. The molecular formula is C106H44N4O16. The number of pyridine rings is 4. The molecular weight excluding hydrogens is 1590 g/mol. The molecule has 584 valence electrons. The fourth-order valence-electron chi connectivity index (χ4n) is 44.7. The quantitative estimate of drug-likeness (QED) is 0.0625. The first-order valence-electron chi connectivity index (χ1n) is 44.6. The summed E-state index contributed by atoms with van der Waals surface area (Å²) < 4.78 is 55.4. The molecule has 0 aliphatic heterocycles. The Morgan fingerprint density at radius 3 is 0.476 bits per heavy atom. The summed E-state index contributed by atoms with van der Waals surface area (Å²) in [6.07, 6.45) is 7.55. The van der Waals surface area contributed by atoms with E-state index in [1.54, 1.807) is 13.8 Å². The number of rotatable bonds is 12. The molecule has 14 spiro atoms. The number of ether oxygens (including phenoxy) is 8. The summed E-state index contributed by atoms with van der Waals surface area (Å²) in [4.78, 5) is 169. The van der Waals surface area contributed by atoms with E-state index in [0.717, 1.165) is 251 Å². The summed E-state index contributed by atoms with van der Waals surface area (Å²) in [5, 5.41) is 0. The lowest BCUT2D eigenvalue weighted by molar-refractivity contribution is -0.167. The molecule has 8 aromatic carbocycles. The number of methoxy groups -OCH3 is 4. The van der Waals surface area contributed by atoms with Crippen molar-refractivity contribution in [2.24, 2.45) is 21.7 Å². The number of aromatic nitrogens is 4. The van der Waals surface area contributed by atoms with Gasteiger partial charge < -0.3 is 37.9 Å². The summed E-state index contributed by atoms with van der Waals surface area (Å²) in [6.45, 7) is 6.68. The molecule has 6 saturated carbocycles. The molecule has 0 bridgehead atoms. The molecule has 0 saturated heterocycles. The number of carbonyl (C=O) groups is 8. The number of carbonyl (C=O) groups excluding carboxylic acids is 8. The first-order chi connectivity index (χ1) is 61.7. The molecule has 4 heterocycles. The lowest BCUT2D eigenvalue weighted by Crippen LogP contribution is -2.39. The van der Waals surface area contributed by atoms with Crippen molar-refractivity contribution >= 4 is 47.8 Å². The van der Waals surface area contributed by atoms with Crippen LogP contribution in [-0.4, -0.2) is 123 Å². The second-order valence-corrected chi connectivity index (χ2v) is 41.9. The van der Waals surface area contributed by atoms with Gasteiger partial charge in [-0.1, -0.05) is 24.3 Å². The molecule has 12 unspecified atom stereocenters. The highest BCUT2D eigenvalue weighted by molar-refractivity contribution is 6.45. The zero-order valence-electron chi connectivity index (χ0n) is 67.1. The molecule has 32 aliphatic rings. The van der Waals surface area contributed by atoms with Gasteiger partial charge in [0.15, 0.2) is 21.7 Å². The molecule has 6 fully saturated rings. The Morgan fingerprint density at radius 1 is 0.206 bits per heavy atom. The van der Waals surface area contributed by atoms with Crippen molar-refractivity contribution in [3.63, 3.8) is 0 Å². The van der Waals surface area contributed by atoms with E-state index in [4.69, 9.17) is 57.8 Å². The standard InChI is InChI=1S/C106H44N4O16/c1-9-123-85(115)105(86(116)124-10-2)99-69-37-39-59-36-35-57-33-31-53-29-30(55(37)91(53)89(94(57,59)91)25-17-13-21-107-77(25)78-26(89)18-14-22-108-78)56-38(69)40-60-42-41-58-34-32(54(29)92(58)90(93(56,60)92)27-19-15-23-109-79(27)80-28(90)20-16-24-110-80)61(31)95-62(33)43-44-66-47-45(64(34)97(66,95)103(95,81(111)119-5)82(112)120-6)71(41)100-72(42)51-52-75(101(99,105)73(40)51)48-46(70(39)99)65(36)98-68(48)50-49(67(44)96(98,63(35)43)104(98,83(113)121-7)84(114)122-8)74(47)102(100,76(50)52)106(100,87(117)125-11-3)88(118)126-12-4/h13-24H,9-12H2,1-8H3. The largest absolute Gasteiger partial charge is 0.468 e. The average Bonchev–Trinajstić information content (AvgIpc) is 1.30. The van der Waals surface area contributed by atoms with Gasteiger partial charge in [0, 0.05) is 24.8 Å². The highest BCUT2D eigenvalue weighted by Gasteiger charge is 3.17. The van der Waals surface area contributed by atoms with Crippen LogP contribution in [0.5, 0.6) is 0 Å². The molecule has 0 amide bonds. The van der Waals surface area contributed by atoms with Gasteiger partial charge in [0.1, 0.15) is 0 Å². The van der Waals surface area contributed by atoms with E-state index in [1.165, 1.54) is 28.4 Å². The molecule has 4 aromatic heterocycles. The minimum absolute atomic E-state index is 0.115. The molecule has 20 nitrogen and oxygen atoms in total. The van der Waals surface area contributed by atoms with Crippen molar-refractivity contribution in [3.8, 4) is 156 Å². The zero-order valence-corrected chi connectivity index (χ0v) is 67.1. The van der Waals surface area contributed by atoms with Crippen LogP contribution in [0.1, 0.15) is 183 Å². The minimum Gasteiger partial charge on any atom is -0.468 e. The van der Waals surface area contributed by atoms with Crippen molar-refractivity contribution in [2.45, 2.75) is 104 Å². The van der Waals surface area contributed by atoms with E-state index >= 15 is 38.4 Å². The number of benzene rings is 8. The van der Waals surface area contributed by atoms with E-state index in [-0.39, 0.29) is 26.4 Å². The van der Waals surface area contributed by atoms with E-state index in [1.807, 2.05) is 38.6 Å². The molecule has 20 heteroatoms. The molecule has 12 atom stereocenters. The smallest absolute Gasteiger partial charge is 0.326 e. The lowest BCUT2D eigenvalue weighted by Gasteiger charge is -2.37. The summed E-state index contributed by atoms with van der Waals surface area (Å²) in [6, 6.07) is 17.6.